The number of hydrogen-bond donors (Lipinski definition) is 0. The van der Waals surface area contributed by atoms with Gasteiger partial charge in [-0.05, 0) is 58.0 Å². The molecule has 1 fully saturated rings. The van der Waals surface area contributed by atoms with E-state index in [-0.39, 0.29) is 0 Å². The summed E-state index contributed by atoms with van der Waals surface area (Å²) in [6.07, 6.45) is 2.73. The highest BCUT2D eigenvalue weighted by molar-refractivity contribution is 5.82. The number of fused-ring (bicyclic) bond motifs is 1. The van der Waals surface area contributed by atoms with Crippen molar-refractivity contribution >= 4 is 10.9 Å². The zero-order valence-corrected chi connectivity index (χ0v) is 11.4. The summed E-state index contributed by atoms with van der Waals surface area (Å²) in [4.78, 5) is 2.58. The first-order valence-electron chi connectivity index (χ1n) is 7.09. The van der Waals surface area contributed by atoms with Crippen molar-refractivity contribution in [1.82, 2.24) is 9.47 Å². The predicted molar refractivity (Wildman–Crippen MR) is 76.9 cm³/mol. The molecule has 3 rings (SSSR count). The summed E-state index contributed by atoms with van der Waals surface area (Å²) in [6, 6.07) is 9.16. The SMILES string of the molecule is CCn1c(CN2CCCC2)cc2cc(C)ccc21. The van der Waals surface area contributed by atoms with Crippen LogP contribution in [0.25, 0.3) is 10.9 Å². The zero-order valence-electron chi connectivity index (χ0n) is 11.4. The maximum atomic E-state index is 2.58. The van der Waals surface area contributed by atoms with Crippen LogP contribution in [-0.2, 0) is 13.1 Å². The van der Waals surface area contributed by atoms with Crippen molar-refractivity contribution in [3.05, 3.63) is 35.5 Å². The van der Waals surface area contributed by atoms with E-state index in [1.807, 2.05) is 0 Å². The minimum atomic E-state index is 1.07. The second-order valence-electron chi connectivity index (χ2n) is 5.43. The van der Waals surface area contributed by atoms with Gasteiger partial charge in [0.25, 0.3) is 0 Å². The van der Waals surface area contributed by atoms with E-state index >= 15 is 0 Å². The van der Waals surface area contributed by atoms with Crippen molar-refractivity contribution in [3.63, 3.8) is 0 Å². The molecule has 1 aromatic carbocycles. The number of likely N-dealkylation sites (tertiary alicyclic amines) is 1. The number of aryl methyl sites for hydroxylation is 2. The maximum absolute atomic E-state index is 2.58. The Morgan fingerprint density at radius 1 is 1.11 bits per heavy atom. The van der Waals surface area contributed by atoms with Crippen molar-refractivity contribution in [1.29, 1.82) is 0 Å². The van der Waals surface area contributed by atoms with Gasteiger partial charge in [-0.15, -0.1) is 0 Å². The average molecular weight is 242 g/mol. The van der Waals surface area contributed by atoms with Crippen LogP contribution in [0.1, 0.15) is 31.0 Å². The molecule has 1 aromatic heterocycles. The molecule has 0 unspecified atom stereocenters. The molecule has 2 heteroatoms. The topological polar surface area (TPSA) is 8.17 Å². The quantitative estimate of drug-likeness (QED) is 0.799. The van der Waals surface area contributed by atoms with Crippen LogP contribution < -0.4 is 0 Å². The van der Waals surface area contributed by atoms with Gasteiger partial charge in [0.1, 0.15) is 0 Å². The van der Waals surface area contributed by atoms with Gasteiger partial charge in [-0.1, -0.05) is 11.6 Å². The van der Waals surface area contributed by atoms with Gasteiger partial charge in [0.15, 0.2) is 0 Å². The van der Waals surface area contributed by atoms with E-state index in [0.29, 0.717) is 0 Å². The van der Waals surface area contributed by atoms with E-state index in [1.54, 1.807) is 0 Å². The van der Waals surface area contributed by atoms with Crippen molar-refractivity contribution in [3.8, 4) is 0 Å². The molecule has 1 aliphatic rings. The van der Waals surface area contributed by atoms with Crippen molar-refractivity contribution in [2.45, 2.75) is 39.8 Å². The lowest BCUT2D eigenvalue weighted by atomic mass is 10.2. The lowest BCUT2D eigenvalue weighted by Gasteiger charge is -2.16. The van der Waals surface area contributed by atoms with Crippen LogP contribution in [-0.4, -0.2) is 22.6 Å². The van der Waals surface area contributed by atoms with Gasteiger partial charge in [-0.3, -0.25) is 4.90 Å². The van der Waals surface area contributed by atoms with E-state index in [0.717, 1.165) is 13.1 Å². The van der Waals surface area contributed by atoms with E-state index in [9.17, 15) is 0 Å². The largest absolute Gasteiger partial charge is 0.344 e. The van der Waals surface area contributed by atoms with Crippen LogP contribution in [0.3, 0.4) is 0 Å². The Morgan fingerprint density at radius 2 is 1.89 bits per heavy atom. The molecule has 0 N–H and O–H groups in total. The number of nitrogens with zero attached hydrogens (tertiary/aromatic N) is 2. The third-order valence-electron chi connectivity index (χ3n) is 4.04. The second-order valence-corrected chi connectivity index (χ2v) is 5.43. The first kappa shape index (κ1) is 11.8. The number of benzene rings is 1. The molecule has 2 aromatic rings. The molecule has 0 saturated carbocycles. The van der Waals surface area contributed by atoms with E-state index in [1.165, 1.54) is 48.1 Å². The molecule has 2 heterocycles. The van der Waals surface area contributed by atoms with Crippen molar-refractivity contribution in [2.75, 3.05) is 13.1 Å². The summed E-state index contributed by atoms with van der Waals surface area (Å²) in [6.45, 7) is 9.13. The normalized spacial score (nSPS) is 16.8. The smallest absolute Gasteiger partial charge is 0.0483 e. The number of hydrogen-bond acceptors (Lipinski definition) is 1. The summed E-state index contributed by atoms with van der Waals surface area (Å²) < 4.78 is 2.47. The molecule has 0 radical (unpaired) electrons. The molecule has 0 spiro atoms. The summed E-state index contributed by atoms with van der Waals surface area (Å²) in [7, 11) is 0. The molecule has 0 aliphatic carbocycles. The minimum absolute atomic E-state index is 1.07. The molecule has 1 aliphatic heterocycles. The van der Waals surface area contributed by atoms with Gasteiger partial charge in [0, 0.05) is 29.7 Å². The van der Waals surface area contributed by atoms with Crippen LogP contribution in [0.2, 0.25) is 0 Å². The monoisotopic (exact) mass is 242 g/mol. The van der Waals surface area contributed by atoms with Crippen LogP contribution in [0, 0.1) is 6.92 Å². The molecule has 18 heavy (non-hydrogen) atoms. The molecular formula is C16H22N2. The fourth-order valence-electron chi connectivity index (χ4n) is 3.12. The fourth-order valence-corrected chi connectivity index (χ4v) is 3.12. The van der Waals surface area contributed by atoms with Gasteiger partial charge < -0.3 is 4.57 Å². The van der Waals surface area contributed by atoms with Crippen LogP contribution >= 0.6 is 0 Å². The maximum Gasteiger partial charge on any atom is 0.0483 e. The molecule has 0 bridgehead atoms. The lowest BCUT2D eigenvalue weighted by molar-refractivity contribution is 0.322. The fraction of sp³-hybridized carbons (Fsp3) is 0.500. The Morgan fingerprint density at radius 3 is 2.61 bits per heavy atom. The molecule has 0 atom stereocenters. The standard InChI is InChI=1S/C16H22N2/c1-3-18-15(12-17-8-4-5-9-17)11-14-10-13(2)6-7-16(14)18/h6-7,10-11H,3-5,8-9,12H2,1-2H3. The van der Waals surface area contributed by atoms with E-state index in [2.05, 4.69) is 47.6 Å². The Kier molecular flexibility index (Phi) is 3.13. The predicted octanol–water partition coefficient (Wildman–Crippen LogP) is 3.57. The van der Waals surface area contributed by atoms with Gasteiger partial charge in [0.2, 0.25) is 0 Å². The van der Waals surface area contributed by atoms with E-state index < -0.39 is 0 Å². The molecule has 1 saturated heterocycles. The van der Waals surface area contributed by atoms with Crippen molar-refractivity contribution < 1.29 is 0 Å². The van der Waals surface area contributed by atoms with Gasteiger partial charge in [-0.25, -0.2) is 0 Å². The van der Waals surface area contributed by atoms with Crippen LogP contribution in [0.5, 0.6) is 0 Å². The average Bonchev–Trinajstić information content (AvgIpc) is 2.96. The Balaban J connectivity index is 1.99. The van der Waals surface area contributed by atoms with Crippen LogP contribution in [0.15, 0.2) is 24.3 Å². The highest BCUT2D eigenvalue weighted by atomic mass is 15.2. The van der Waals surface area contributed by atoms with Gasteiger partial charge in [-0.2, -0.15) is 0 Å². The highest BCUT2D eigenvalue weighted by Crippen LogP contribution is 2.23. The Bertz CT molecular complexity index is 547. The molecule has 96 valence electrons. The molecular weight excluding hydrogens is 220 g/mol. The summed E-state index contributed by atoms with van der Waals surface area (Å²) in [5, 5.41) is 1.39. The molecule has 0 amide bonds. The highest BCUT2D eigenvalue weighted by Gasteiger charge is 2.15. The lowest BCUT2D eigenvalue weighted by Crippen LogP contribution is -2.20. The third-order valence-corrected chi connectivity index (χ3v) is 4.04. The summed E-state index contributed by atoms with van der Waals surface area (Å²) in [5.41, 5.74) is 4.21. The van der Waals surface area contributed by atoms with Crippen molar-refractivity contribution in [2.24, 2.45) is 0 Å². The van der Waals surface area contributed by atoms with Gasteiger partial charge >= 0.3 is 0 Å². The first-order chi connectivity index (χ1) is 8.78. The Hall–Kier alpha value is -1.28. The second kappa shape index (κ2) is 4.77. The molecule has 2 nitrogen and oxygen atoms in total. The summed E-state index contributed by atoms with van der Waals surface area (Å²) >= 11 is 0. The minimum Gasteiger partial charge on any atom is -0.344 e. The van der Waals surface area contributed by atoms with E-state index in [4.69, 9.17) is 0 Å². The summed E-state index contributed by atoms with van der Waals surface area (Å²) in [5.74, 6) is 0. The first-order valence-corrected chi connectivity index (χ1v) is 7.09. The van der Waals surface area contributed by atoms with Gasteiger partial charge in [0.05, 0.1) is 0 Å². The van der Waals surface area contributed by atoms with Crippen LogP contribution in [0.4, 0.5) is 0 Å². The third kappa shape index (κ3) is 2.05. The number of aromatic nitrogens is 1. The Labute approximate surface area is 109 Å². The zero-order chi connectivity index (χ0) is 12.5. The number of rotatable bonds is 3.